The zero-order chi connectivity index (χ0) is 11.0. The number of benzene rings is 1. The number of hydrogen-bond donors (Lipinski definition) is 1. The smallest absolute Gasteiger partial charge is 0.0354 e. The molecule has 1 aromatic rings. The van der Waals surface area contributed by atoms with Crippen molar-refractivity contribution in [1.82, 2.24) is 4.90 Å². The predicted octanol–water partition coefficient (Wildman–Crippen LogP) is 2.30. The molecule has 1 heterocycles. The van der Waals surface area contributed by atoms with Crippen LogP contribution in [0.1, 0.15) is 23.6 Å². The molecule has 2 nitrogen and oxygen atoms in total. The van der Waals surface area contributed by atoms with Crippen LogP contribution in [0.3, 0.4) is 0 Å². The topological polar surface area (TPSA) is 29.3 Å². The second-order valence-electron chi connectivity index (χ2n) is 4.66. The van der Waals surface area contributed by atoms with Gasteiger partial charge in [-0.15, -0.1) is 0 Å². The molecule has 1 aromatic carbocycles. The maximum absolute atomic E-state index is 5.84. The lowest BCUT2D eigenvalue weighted by Crippen LogP contribution is -2.35. The van der Waals surface area contributed by atoms with Gasteiger partial charge in [-0.2, -0.15) is 11.8 Å². The molecule has 1 atom stereocenters. The van der Waals surface area contributed by atoms with Crippen LogP contribution >= 0.6 is 11.8 Å². The van der Waals surface area contributed by atoms with Crippen molar-refractivity contribution in [2.75, 3.05) is 30.3 Å². The van der Waals surface area contributed by atoms with Gasteiger partial charge in [-0.05, 0) is 36.1 Å². The van der Waals surface area contributed by atoms with E-state index in [4.69, 9.17) is 5.73 Å². The lowest BCUT2D eigenvalue weighted by molar-refractivity contribution is 0.218. The fraction of sp³-hybridized carbons (Fsp3) is 0.538. The first-order valence-electron chi connectivity index (χ1n) is 6.05. The number of nitrogens with zero attached hydrogens (tertiary/aromatic N) is 1. The van der Waals surface area contributed by atoms with E-state index in [9.17, 15) is 0 Å². The third kappa shape index (κ3) is 1.82. The van der Waals surface area contributed by atoms with Gasteiger partial charge in [-0.1, -0.05) is 6.07 Å². The zero-order valence-electron chi connectivity index (χ0n) is 9.48. The third-order valence-corrected chi connectivity index (χ3v) is 4.64. The van der Waals surface area contributed by atoms with Crippen LogP contribution in [-0.2, 0) is 6.42 Å². The van der Waals surface area contributed by atoms with Crippen LogP contribution in [0.25, 0.3) is 0 Å². The van der Waals surface area contributed by atoms with Crippen molar-refractivity contribution in [1.29, 1.82) is 0 Å². The highest BCUT2D eigenvalue weighted by atomic mass is 32.2. The summed E-state index contributed by atoms with van der Waals surface area (Å²) in [6.07, 6.45) is 2.48. The van der Waals surface area contributed by atoms with Crippen LogP contribution in [0.4, 0.5) is 5.69 Å². The van der Waals surface area contributed by atoms with E-state index in [0.29, 0.717) is 6.04 Å². The number of rotatable bonds is 1. The fourth-order valence-electron chi connectivity index (χ4n) is 2.88. The Morgan fingerprint density at radius 3 is 2.88 bits per heavy atom. The SMILES string of the molecule is Nc1ccc2c(c1)CCC2N1CCSCC1. The van der Waals surface area contributed by atoms with Gasteiger partial charge in [-0.25, -0.2) is 0 Å². The molecule has 0 amide bonds. The van der Waals surface area contributed by atoms with E-state index in [-0.39, 0.29) is 0 Å². The molecular weight excluding hydrogens is 216 g/mol. The van der Waals surface area contributed by atoms with Gasteiger partial charge in [0.2, 0.25) is 0 Å². The Bertz CT molecular complexity index is 386. The maximum atomic E-state index is 5.84. The van der Waals surface area contributed by atoms with Crippen molar-refractivity contribution in [3.63, 3.8) is 0 Å². The Balaban J connectivity index is 1.84. The molecule has 1 unspecified atom stereocenters. The van der Waals surface area contributed by atoms with Crippen molar-refractivity contribution >= 4 is 17.4 Å². The molecule has 0 radical (unpaired) electrons. The van der Waals surface area contributed by atoms with Crippen molar-refractivity contribution in [2.24, 2.45) is 0 Å². The fourth-order valence-corrected chi connectivity index (χ4v) is 3.81. The molecule has 1 aliphatic heterocycles. The number of fused-ring (bicyclic) bond motifs is 1. The first-order chi connectivity index (χ1) is 7.84. The molecule has 16 heavy (non-hydrogen) atoms. The number of nitrogens with two attached hydrogens (primary N) is 1. The minimum atomic E-state index is 0.663. The number of thioether (sulfide) groups is 1. The Kier molecular flexibility index (Phi) is 2.82. The summed E-state index contributed by atoms with van der Waals surface area (Å²) in [5.41, 5.74) is 9.75. The highest BCUT2D eigenvalue weighted by Crippen LogP contribution is 2.37. The predicted molar refractivity (Wildman–Crippen MR) is 70.8 cm³/mol. The number of hydrogen-bond acceptors (Lipinski definition) is 3. The van der Waals surface area contributed by atoms with Gasteiger partial charge in [0.1, 0.15) is 0 Å². The minimum absolute atomic E-state index is 0.663. The molecule has 1 aliphatic carbocycles. The highest BCUT2D eigenvalue weighted by Gasteiger charge is 2.28. The Hall–Kier alpha value is -0.670. The molecule has 3 rings (SSSR count). The summed E-state index contributed by atoms with van der Waals surface area (Å²) in [6.45, 7) is 2.50. The standard InChI is InChI=1S/C13H18N2S/c14-11-2-3-12-10(9-11)1-4-13(12)15-5-7-16-8-6-15/h2-3,9,13H,1,4-8,14H2. The average Bonchev–Trinajstić information content (AvgIpc) is 2.73. The summed E-state index contributed by atoms with van der Waals surface area (Å²) in [5.74, 6) is 2.58. The van der Waals surface area contributed by atoms with Gasteiger partial charge in [0.15, 0.2) is 0 Å². The lowest BCUT2D eigenvalue weighted by Gasteiger charge is -2.32. The van der Waals surface area contributed by atoms with Gasteiger partial charge >= 0.3 is 0 Å². The Labute approximate surface area is 101 Å². The molecule has 1 fully saturated rings. The molecule has 0 saturated carbocycles. The molecule has 2 aliphatic rings. The maximum Gasteiger partial charge on any atom is 0.0354 e. The normalized spacial score (nSPS) is 25.6. The quantitative estimate of drug-likeness (QED) is 0.756. The number of aryl methyl sites for hydroxylation is 1. The van der Waals surface area contributed by atoms with E-state index in [1.165, 1.54) is 48.6 Å². The molecule has 0 aromatic heterocycles. The molecule has 1 saturated heterocycles. The van der Waals surface area contributed by atoms with Crippen LogP contribution < -0.4 is 5.73 Å². The number of nitrogen functional groups attached to an aromatic ring is 1. The van der Waals surface area contributed by atoms with Crippen molar-refractivity contribution in [3.05, 3.63) is 29.3 Å². The van der Waals surface area contributed by atoms with Gasteiger partial charge in [0.25, 0.3) is 0 Å². The average molecular weight is 234 g/mol. The molecule has 86 valence electrons. The van der Waals surface area contributed by atoms with E-state index < -0.39 is 0 Å². The lowest BCUT2D eigenvalue weighted by atomic mass is 10.1. The summed E-state index contributed by atoms with van der Waals surface area (Å²) >= 11 is 2.08. The zero-order valence-corrected chi connectivity index (χ0v) is 10.3. The van der Waals surface area contributed by atoms with Gasteiger partial charge in [0.05, 0.1) is 0 Å². The van der Waals surface area contributed by atoms with Crippen LogP contribution in [0.2, 0.25) is 0 Å². The van der Waals surface area contributed by atoms with Crippen molar-refractivity contribution < 1.29 is 0 Å². The molecule has 3 heteroatoms. The molecule has 0 bridgehead atoms. The Morgan fingerprint density at radius 1 is 1.25 bits per heavy atom. The van der Waals surface area contributed by atoms with Crippen LogP contribution in [0, 0.1) is 0 Å². The Morgan fingerprint density at radius 2 is 2.06 bits per heavy atom. The van der Waals surface area contributed by atoms with Crippen LogP contribution in [0.5, 0.6) is 0 Å². The first-order valence-corrected chi connectivity index (χ1v) is 7.20. The highest BCUT2D eigenvalue weighted by molar-refractivity contribution is 7.99. The van der Waals surface area contributed by atoms with E-state index >= 15 is 0 Å². The molecular formula is C13H18N2S. The third-order valence-electron chi connectivity index (χ3n) is 3.70. The molecule has 0 spiro atoms. The monoisotopic (exact) mass is 234 g/mol. The summed E-state index contributed by atoms with van der Waals surface area (Å²) in [5, 5.41) is 0. The van der Waals surface area contributed by atoms with E-state index in [1.54, 1.807) is 0 Å². The van der Waals surface area contributed by atoms with Crippen LogP contribution in [0.15, 0.2) is 18.2 Å². The van der Waals surface area contributed by atoms with Crippen LogP contribution in [-0.4, -0.2) is 29.5 Å². The summed E-state index contributed by atoms with van der Waals surface area (Å²) in [7, 11) is 0. The summed E-state index contributed by atoms with van der Waals surface area (Å²) in [6, 6.07) is 7.12. The van der Waals surface area contributed by atoms with Gasteiger partial charge in [-0.3, -0.25) is 4.90 Å². The first kappa shape index (κ1) is 10.5. The van der Waals surface area contributed by atoms with E-state index in [0.717, 1.165) is 5.69 Å². The van der Waals surface area contributed by atoms with Gasteiger partial charge in [0, 0.05) is 36.3 Å². The van der Waals surface area contributed by atoms with Crippen molar-refractivity contribution in [2.45, 2.75) is 18.9 Å². The minimum Gasteiger partial charge on any atom is -0.399 e. The second-order valence-corrected chi connectivity index (χ2v) is 5.89. The van der Waals surface area contributed by atoms with E-state index in [1.807, 2.05) is 0 Å². The second kappa shape index (κ2) is 4.30. The summed E-state index contributed by atoms with van der Waals surface area (Å²) in [4.78, 5) is 2.65. The van der Waals surface area contributed by atoms with Gasteiger partial charge < -0.3 is 5.73 Å². The van der Waals surface area contributed by atoms with E-state index in [2.05, 4.69) is 34.9 Å². The summed E-state index contributed by atoms with van der Waals surface area (Å²) < 4.78 is 0. The molecule has 2 N–H and O–H groups in total. The number of anilines is 1. The van der Waals surface area contributed by atoms with Crippen molar-refractivity contribution in [3.8, 4) is 0 Å². The largest absolute Gasteiger partial charge is 0.399 e.